The van der Waals surface area contributed by atoms with E-state index in [2.05, 4.69) is 10.3 Å². The summed E-state index contributed by atoms with van der Waals surface area (Å²) in [5.41, 5.74) is 4.25. The minimum atomic E-state index is -0.133. The molecule has 0 saturated carbocycles. The van der Waals surface area contributed by atoms with Gasteiger partial charge in [0.2, 0.25) is 5.91 Å². The third kappa shape index (κ3) is 4.20. The highest BCUT2D eigenvalue weighted by atomic mass is 35.5. The SMILES string of the molecule is O=C(Cc1cc(Cl)c2c(c1)OCCCO2)Nc1ccc(-c2cn3ccccc3n2)cc1. The lowest BCUT2D eigenvalue weighted by Gasteiger charge is -2.12. The van der Waals surface area contributed by atoms with Crippen LogP contribution < -0.4 is 14.8 Å². The van der Waals surface area contributed by atoms with Gasteiger partial charge < -0.3 is 19.2 Å². The Hall–Kier alpha value is -3.51. The van der Waals surface area contributed by atoms with E-state index in [0.29, 0.717) is 29.7 Å². The summed E-state index contributed by atoms with van der Waals surface area (Å²) in [6.45, 7) is 1.13. The van der Waals surface area contributed by atoms with Gasteiger partial charge >= 0.3 is 0 Å². The number of imidazole rings is 1. The van der Waals surface area contributed by atoms with E-state index < -0.39 is 0 Å². The number of carbonyl (C=O) groups is 1. The summed E-state index contributed by atoms with van der Waals surface area (Å²) < 4.78 is 13.3. The lowest BCUT2D eigenvalue weighted by atomic mass is 10.1. The number of hydrogen-bond donors (Lipinski definition) is 1. The summed E-state index contributed by atoms with van der Waals surface area (Å²) in [5, 5.41) is 3.39. The first kappa shape index (κ1) is 19.5. The molecule has 2 aromatic heterocycles. The molecule has 1 aliphatic heterocycles. The van der Waals surface area contributed by atoms with Crippen LogP contribution in [-0.2, 0) is 11.2 Å². The molecular weight excluding hydrogens is 414 g/mol. The lowest BCUT2D eigenvalue weighted by molar-refractivity contribution is -0.115. The van der Waals surface area contributed by atoms with Crippen LogP contribution in [0.2, 0.25) is 5.02 Å². The fourth-order valence-electron chi connectivity index (χ4n) is 3.57. The van der Waals surface area contributed by atoms with Crippen molar-refractivity contribution in [2.75, 3.05) is 18.5 Å². The van der Waals surface area contributed by atoms with Crippen LogP contribution in [0.1, 0.15) is 12.0 Å². The van der Waals surface area contributed by atoms with Crippen LogP contribution in [0.4, 0.5) is 5.69 Å². The molecule has 31 heavy (non-hydrogen) atoms. The van der Waals surface area contributed by atoms with Gasteiger partial charge in [-0.05, 0) is 42.0 Å². The van der Waals surface area contributed by atoms with Gasteiger partial charge in [-0.3, -0.25) is 4.79 Å². The molecule has 0 saturated heterocycles. The van der Waals surface area contributed by atoms with Gasteiger partial charge in [-0.25, -0.2) is 4.98 Å². The van der Waals surface area contributed by atoms with Gasteiger partial charge in [0.05, 0.1) is 30.4 Å². The van der Waals surface area contributed by atoms with Crippen LogP contribution in [0.5, 0.6) is 11.5 Å². The normalized spacial score (nSPS) is 13.1. The number of fused-ring (bicyclic) bond motifs is 2. The number of pyridine rings is 1. The molecule has 0 fully saturated rings. The molecule has 3 heterocycles. The maximum atomic E-state index is 12.6. The molecule has 0 aliphatic carbocycles. The van der Waals surface area contributed by atoms with Crippen molar-refractivity contribution in [1.82, 2.24) is 9.38 Å². The molecule has 6 nitrogen and oxygen atoms in total. The third-order valence-electron chi connectivity index (χ3n) is 5.06. The highest BCUT2D eigenvalue weighted by molar-refractivity contribution is 6.32. The van der Waals surface area contributed by atoms with Crippen molar-refractivity contribution in [3.8, 4) is 22.8 Å². The quantitative estimate of drug-likeness (QED) is 0.492. The maximum Gasteiger partial charge on any atom is 0.228 e. The standard InChI is InChI=1S/C24H20ClN3O3/c25-19-12-16(13-21-24(19)31-11-3-10-30-21)14-23(29)26-18-7-5-17(6-8-18)20-15-28-9-2-1-4-22(28)27-20/h1-2,4-9,12-13,15H,3,10-11,14H2,(H,26,29). The van der Waals surface area contributed by atoms with Crippen molar-refractivity contribution in [2.24, 2.45) is 0 Å². The molecule has 156 valence electrons. The molecule has 0 spiro atoms. The number of nitrogens with one attached hydrogen (secondary N) is 1. The predicted octanol–water partition coefficient (Wildman–Crippen LogP) is 5.00. The largest absolute Gasteiger partial charge is 0.489 e. The monoisotopic (exact) mass is 433 g/mol. The van der Waals surface area contributed by atoms with Crippen LogP contribution in [0.15, 0.2) is 67.0 Å². The van der Waals surface area contributed by atoms with E-state index in [1.165, 1.54) is 0 Å². The summed E-state index contributed by atoms with van der Waals surface area (Å²) in [4.78, 5) is 17.2. The summed E-state index contributed by atoms with van der Waals surface area (Å²) >= 11 is 6.32. The Morgan fingerprint density at radius 1 is 1.10 bits per heavy atom. The number of halogens is 1. The van der Waals surface area contributed by atoms with Gasteiger partial charge in [-0.15, -0.1) is 0 Å². The fraction of sp³-hybridized carbons (Fsp3) is 0.167. The molecule has 0 unspecified atom stereocenters. The Kier molecular flexibility index (Phi) is 5.22. The number of nitrogens with zero attached hydrogens (tertiary/aromatic N) is 2. The van der Waals surface area contributed by atoms with E-state index >= 15 is 0 Å². The van der Waals surface area contributed by atoms with Crippen LogP contribution >= 0.6 is 11.6 Å². The maximum absolute atomic E-state index is 12.6. The van der Waals surface area contributed by atoms with Crippen molar-refractivity contribution in [1.29, 1.82) is 0 Å². The van der Waals surface area contributed by atoms with Crippen molar-refractivity contribution < 1.29 is 14.3 Å². The van der Waals surface area contributed by atoms with E-state index in [9.17, 15) is 4.79 Å². The second-order valence-corrected chi connectivity index (χ2v) is 7.76. The third-order valence-corrected chi connectivity index (χ3v) is 5.34. The molecule has 4 aromatic rings. The van der Waals surface area contributed by atoms with Crippen molar-refractivity contribution in [2.45, 2.75) is 12.8 Å². The first-order valence-electron chi connectivity index (χ1n) is 10.1. The zero-order valence-electron chi connectivity index (χ0n) is 16.7. The topological polar surface area (TPSA) is 64.9 Å². The van der Waals surface area contributed by atoms with Gasteiger partial charge in [0, 0.05) is 30.1 Å². The Balaban J connectivity index is 1.27. The van der Waals surface area contributed by atoms with E-state index in [1.807, 2.05) is 65.3 Å². The van der Waals surface area contributed by atoms with E-state index in [4.69, 9.17) is 21.1 Å². The highest BCUT2D eigenvalue weighted by Gasteiger charge is 2.17. The number of rotatable bonds is 4. The van der Waals surface area contributed by atoms with Crippen molar-refractivity contribution in [3.63, 3.8) is 0 Å². The molecule has 0 atom stereocenters. The van der Waals surface area contributed by atoms with Gasteiger partial charge in [-0.2, -0.15) is 0 Å². The molecule has 0 bridgehead atoms. The zero-order valence-corrected chi connectivity index (χ0v) is 17.4. The summed E-state index contributed by atoms with van der Waals surface area (Å²) in [7, 11) is 0. The lowest BCUT2D eigenvalue weighted by Crippen LogP contribution is -2.14. The first-order chi connectivity index (χ1) is 15.2. The Morgan fingerprint density at radius 3 is 2.77 bits per heavy atom. The predicted molar refractivity (Wildman–Crippen MR) is 120 cm³/mol. The number of ether oxygens (including phenoxy) is 2. The Labute approximate surface area is 184 Å². The molecule has 1 N–H and O–H groups in total. The fourth-order valence-corrected chi connectivity index (χ4v) is 3.86. The van der Waals surface area contributed by atoms with Crippen LogP contribution in [0.3, 0.4) is 0 Å². The second-order valence-electron chi connectivity index (χ2n) is 7.35. The molecule has 1 amide bonds. The molecule has 0 radical (unpaired) electrons. The highest BCUT2D eigenvalue weighted by Crippen LogP contribution is 2.38. The first-order valence-corrected chi connectivity index (χ1v) is 10.5. The molecular formula is C24H20ClN3O3. The molecule has 5 rings (SSSR count). The van der Waals surface area contributed by atoms with Crippen LogP contribution in [-0.4, -0.2) is 28.5 Å². The van der Waals surface area contributed by atoms with E-state index in [1.54, 1.807) is 6.07 Å². The average molecular weight is 434 g/mol. The molecule has 7 heteroatoms. The average Bonchev–Trinajstić information content (AvgIpc) is 3.05. The summed E-state index contributed by atoms with van der Waals surface area (Å²) in [6.07, 6.45) is 4.93. The zero-order chi connectivity index (χ0) is 21.2. The number of aromatic nitrogens is 2. The van der Waals surface area contributed by atoms with Gasteiger partial charge in [-0.1, -0.05) is 29.8 Å². The minimum absolute atomic E-state index is 0.133. The number of amides is 1. The van der Waals surface area contributed by atoms with E-state index in [-0.39, 0.29) is 12.3 Å². The van der Waals surface area contributed by atoms with Crippen LogP contribution in [0.25, 0.3) is 16.9 Å². The van der Waals surface area contributed by atoms with Crippen LogP contribution in [0, 0.1) is 0 Å². The van der Waals surface area contributed by atoms with E-state index in [0.717, 1.165) is 34.6 Å². The number of anilines is 1. The van der Waals surface area contributed by atoms with Crippen molar-refractivity contribution >= 4 is 28.8 Å². The van der Waals surface area contributed by atoms with Gasteiger partial charge in [0.25, 0.3) is 0 Å². The van der Waals surface area contributed by atoms with Gasteiger partial charge in [0.1, 0.15) is 5.65 Å². The Morgan fingerprint density at radius 2 is 1.94 bits per heavy atom. The van der Waals surface area contributed by atoms with Gasteiger partial charge in [0.15, 0.2) is 11.5 Å². The second kappa shape index (κ2) is 8.32. The number of hydrogen-bond acceptors (Lipinski definition) is 4. The summed E-state index contributed by atoms with van der Waals surface area (Å²) in [5.74, 6) is 1.00. The smallest absolute Gasteiger partial charge is 0.228 e. The van der Waals surface area contributed by atoms with Crippen molar-refractivity contribution in [3.05, 3.63) is 77.6 Å². The Bertz CT molecular complexity index is 1220. The number of benzene rings is 2. The number of carbonyl (C=O) groups excluding carboxylic acids is 1. The minimum Gasteiger partial charge on any atom is -0.489 e. The molecule has 2 aromatic carbocycles. The summed E-state index contributed by atoms with van der Waals surface area (Å²) in [6, 6.07) is 17.1. The molecule has 1 aliphatic rings.